The normalized spacial score (nSPS) is 18.1. The Bertz CT molecular complexity index is 1040. The molecule has 1 heterocycles. The van der Waals surface area contributed by atoms with E-state index in [2.05, 4.69) is 5.32 Å². The van der Waals surface area contributed by atoms with E-state index >= 15 is 0 Å². The van der Waals surface area contributed by atoms with Crippen LogP contribution in [0.2, 0.25) is 5.02 Å². The number of nitrogens with one attached hydrogen (secondary N) is 1. The molecule has 0 aromatic heterocycles. The summed E-state index contributed by atoms with van der Waals surface area (Å²) in [6, 6.07) is 8.84. The molecule has 1 N–H and O–H groups in total. The van der Waals surface area contributed by atoms with E-state index in [-0.39, 0.29) is 29.8 Å². The summed E-state index contributed by atoms with van der Waals surface area (Å²) in [4.78, 5) is 27.6. The first kappa shape index (κ1) is 24.5. The molecule has 1 saturated heterocycles. The molecule has 8 heteroatoms. The van der Waals surface area contributed by atoms with Crippen LogP contribution in [0.5, 0.6) is 5.75 Å². The second-order valence-electron chi connectivity index (χ2n) is 9.21. The fourth-order valence-electron chi connectivity index (χ4n) is 5.33. The van der Waals surface area contributed by atoms with Crippen molar-refractivity contribution in [3.63, 3.8) is 0 Å². The third-order valence-electron chi connectivity index (χ3n) is 7.20. The summed E-state index contributed by atoms with van der Waals surface area (Å²) < 4.78 is 34.4. The number of hydrogen-bond acceptors (Lipinski definition) is 3. The summed E-state index contributed by atoms with van der Waals surface area (Å²) in [5.74, 6) is -1.22. The molecular weight excluding hydrogens is 462 g/mol. The second-order valence-corrected chi connectivity index (χ2v) is 9.65. The van der Waals surface area contributed by atoms with Crippen molar-refractivity contribution < 1.29 is 23.1 Å². The van der Waals surface area contributed by atoms with Crippen LogP contribution in [0, 0.1) is 17.6 Å². The molecule has 1 aliphatic heterocycles. The first-order valence-corrected chi connectivity index (χ1v) is 12.1. The van der Waals surface area contributed by atoms with Crippen LogP contribution in [-0.2, 0) is 10.2 Å². The zero-order chi connectivity index (χ0) is 24.3. The Balaban J connectivity index is 1.38. The van der Waals surface area contributed by atoms with E-state index in [1.54, 1.807) is 23.1 Å². The van der Waals surface area contributed by atoms with Gasteiger partial charge in [-0.15, -0.1) is 0 Å². The highest BCUT2D eigenvalue weighted by atomic mass is 35.5. The zero-order valence-corrected chi connectivity index (χ0v) is 20.0. The number of likely N-dealkylation sites (tertiary alicyclic amines) is 1. The van der Waals surface area contributed by atoms with Crippen LogP contribution in [0.15, 0.2) is 36.4 Å². The Morgan fingerprint density at radius 1 is 1.12 bits per heavy atom. The third kappa shape index (κ3) is 4.90. The van der Waals surface area contributed by atoms with Gasteiger partial charge in [-0.1, -0.05) is 30.5 Å². The number of carbonyl (C=O) groups is 2. The van der Waals surface area contributed by atoms with Gasteiger partial charge >= 0.3 is 0 Å². The van der Waals surface area contributed by atoms with E-state index < -0.39 is 17.0 Å². The second kappa shape index (κ2) is 10.3. The minimum Gasteiger partial charge on any atom is -0.496 e. The lowest BCUT2D eigenvalue weighted by Gasteiger charge is -2.34. The number of rotatable bonds is 6. The molecule has 2 amide bonds. The minimum absolute atomic E-state index is 0.0867. The lowest BCUT2D eigenvalue weighted by Crippen LogP contribution is -2.46. The fraction of sp³-hybridized carbons (Fsp3) is 0.462. The highest BCUT2D eigenvalue weighted by molar-refractivity contribution is 6.31. The van der Waals surface area contributed by atoms with Gasteiger partial charge in [0, 0.05) is 41.6 Å². The van der Waals surface area contributed by atoms with Crippen LogP contribution in [0.3, 0.4) is 0 Å². The summed E-state index contributed by atoms with van der Waals surface area (Å²) in [5, 5.41) is 3.43. The molecule has 182 valence electrons. The molecule has 0 atom stereocenters. The molecule has 2 aromatic rings. The van der Waals surface area contributed by atoms with Crippen molar-refractivity contribution in [3.05, 3.63) is 64.2 Å². The highest BCUT2D eigenvalue weighted by Gasteiger charge is 2.40. The molecule has 4 rings (SSSR count). The van der Waals surface area contributed by atoms with Crippen LogP contribution in [0.25, 0.3) is 0 Å². The number of benzene rings is 2. The Labute approximate surface area is 203 Å². The van der Waals surface area contributed by atoms with Crippen LogP contribution in [0.1, 0.15) is 54.4 Å². The van der Waals surface area contributed by atoms with E-state index in [0.717, 1.165) is 12.8 Å². The van der Waals surface area contributed by atoms with Gasteiger partial charge in [0.05, 0.1) is 12.7 Å². The maximum absolute atomic E-state index is 14.6. The third-order valence-corrected chi connectivity index (χ3v) is 7.43. The predicted molar refractivity (Wildman–Crippen MR) is 126 cm³/mol. The summed E-state index contributed by atoms with van der Waals surface area (Å²) >= 11 is 6.06. The van der Waals surface area contributed by atoms with E-state index in [1.165, 1.54) is 25.3 Å². The van der Waals surface area contributed by atoms with Crippen molar-refractivity contribution in [1.29, 1.82) is 0 Å². The number of amides is 2. The van der Waals surface area contributed by atoms with Crippen LogP contribution in [0.4, 0.5) is 8.78 Å². The highest BCUT2D eigenvalue weighted by Crippen LogP contribution is 2.43. The predicted octanol–water partition coefficient (Wildman–Crippen LogP) is 5.11. The molecule has 1 saturated carbocycles. The monoisotopic (exact) mass is 490 g/mol. The van der Waals surface area contributed by atoms with Gasteiger partial charge in [0.1, 0.15) is 17.4 Å². The molecule has 0 spiro atoms. The maximum atomic E-state index is 14.6. The van der Waals surface area contributed by atoms with Crippen LogP contribution in [-0.4, -0.2) is 43.5 Å². The first-order valence-electron chi connectivity index (χ1n) is 11.7. The van der Waals surface area contributed by atoms with E-state index in [4.69, 9.17) is 16.3 Å². The molecule has 0 radical (unpaired) electrons. The van der Waals surface area contributed by atoms with Gasteiger partial charge in [0.25, 0.3) is 5.91 Å². The Hall–Kier alpha value is -2.67. The van der Waals surface area contributed by atoms with Crippen molar-refractivity contribution in [2.75, 3.05) is 26.7 Å². The van der Waals surface area contributed by atoms with Crippen LogP contribution < -0.4 is 10.1 Å². The number of carbonyl (C=O) groups excluding carboxylic acids is 2. The summed E-state index contributed by atoms with van der Waals surface area (Å²) in [5.41, 5.74) is -0.234. The number of ether oxygens (including phenoxy) is 1. The summed E-state index contributed by atoms with van der Waals surface area (Å²) in [6.07, 6.45) is 4.05. The molecule has 34 heavy (non-hydrogen) atoms. The molecule has 2 aromatic carbocycles. The number of hydrogen-bond donors (Lipinski definition) is 1. The minimum atomic E-state index is -0.717. The van der Waals surface area contributed by atoms with E-state index in [9.17, 15) is 18.4 Å². The van der Waals surface area contributed by atoms with Crippen LogP contribution >= 0.6 is 11.6 Å². The molecule has 0 bridgehead atoms. The van der Waals surface area contributed by atoms with Crippen molar-refractivity contribution in [3.8, 4) is 5.75 Å². The average molecular weight is 491 g/mol. The summed E-state index contributed by atoms with van der Waals surface area (Å²) in [6.45, 7) is 1.07. The quantitative estimate of drug-likeness (QED) is 0.612. The molecule has 2 fully saturated rings. The Morgan fingerprint density at radius 2 is 1.76 bits per heavy atom. The number of nitrogens with zero attached hydrogens (tertiary/aromatic N) is 1. The van der Waals surface area contributed by atoms with Gasteiger partial charge in [0.2, 0.25) is 5.91 Å². The first-order chi connectivity index (χ1) is 16.3. The molecule has 2 aliphatic rings. The smallest absolute Gasteiger partial charge is 0.257 e. The number of methoxy groups -OCH3 is 1. The van der Waals surface area contributed by atoms with Gasteiger partial charge in [-0.3, -0.25) is 9.59 Å². The molecule has 1 aliphatic carbocycles. The number of halogens is 3. The number of piperidine rings is 1. The molecule has 0 unspecified atom stereocenters. The van der Waals surface area contributed by atoms with E-state index in [0.29, 0.717) is 55.1 Å². The van der Waals surface area contributed by atoms with Crippen molar-refractivity contribution in [2.45, 2.75) is 43.9 Å². The zero-order valence-electron chi connectivity index (χ0n) is 19.2. The van der Waals surface area contributed by atoms with Gasteiger partial charge in [0.15, 0.2) is 0 Å². The SMILES string of the molecule is COc1ccc(Cl)cc1C(=O)N1CCC(C(=O)NCC2(c3c(F)cccc3F)CCCC2)CC1. The molecule has 5 nitrogen and oxygen atoms in total. The maximum Gasteiger partial charge on any atom is 0.257 e. The standard InChI is InChI=1S/C26H29ClF2N2O3/c1-34-22-8-7-18(27)15-19(22)25(33)31-13-9-17(10-14-31)24(32)30-16-26(11-2-3-12-26)23-20(28)5-4-6-21(23)29/h4-8,15,17H,2-3,9-14,16H2,1H3,(H,30,32). The van der Waals surface area contributed by atoms with Crippen molar-refractivity contribution in [2.24, 2.45) is 5.92 Å². The lowest BCUT2D eigenvalue weighted by atomic mass is 9.78. The topological polar surface area (TPSA) is 58.6 Å². The van der Waals surface area contributed by atoms with Crippen molar-refractivity contribution >= 4 is 23.4 Å². The Morgan fingerprint density at radius 3 is 2.38 bits per heavy atom. The van der Waals surface area contributed by atoms with E-state index in [1.807, 2.05) is 0 Å². The van der Waals surface area contributed by atoms with Crippen molar-refractivity contribution in [1.82, 2.24) is 10.2 Å². The van der Waals surface area contributed by atoms with Gasteiger partial charge in [-0.05, 0) is 56.0 Å². The van der Waals surface area contributed by atoms with Gasteiger partial charge < -0.3 is 15.0 Å². The lowest BCUT2D eigenvalue weighted by molar-refractivity contribution is -0.126. The average Bonchev–Trinajstić information content (AvgIpc) is 3.31. The molecular formula is C26H29ClF2N2O3. The largest absolute Gasteiger partial charge is 0.496 e. The fourth-order valence-corrected chi connectivity index (χ4v) is 5.51. The van der Waals surface area contributed by atoms with Gasteiger partial charge in [-0.2, -0.15) is 0 Å². The Kier molecular flexibility index (Phi) is 7.41. The van der Waals surface area contributed by atoms with Gasteiger partial charge in [-0.25, -0.2) is 8.78 Å². The summed E-state index contributed by atoms with van der Waals surface area (Å²) in [7, 11) is 1.50.